The number of hydrogen-bond donors (Lipinski definition) is 0. The molecular formula is C19H22N4O3S. The molecule has 0 amide bonds. The second kappa shape index (κ2) is 6.99. The van der Waals surface area contributed by atoms with Crippen molar-refractivity contribution in [2.75, 3.05) is 49.1 Å². The van der Waals surface area contributed by atoms with Gasteiger partial charge in [-0.1, -0.05) is 0 Å². The molecule has 0 aliphatic carbocycles. The quantitative estimate of drug-likeness (QED) is 0.795. The van der Waals surface area contributed by atoms with Gasteiger partial charge in [-0.3, -0.25) is 0 Å². The van der Waals surface area contributed by atoms with Crippen LogP contribution in [-0.4, -0.2) is 49.3 Å². The summed E-state index contributed by atoms with van der Waals surface area (Å²) in [6.07, 6.45) is 4.14. The molecule has 0 bridgehead atoms. The number of aromatic nitrogens is 2. The third kappa shape index (κ3) is 3.01. The monoisotopic (exact) mass is 386 g/mol. The number of ether oxygens (including phenoxy) is 3. The standard InChI is InChI=1S/C19H22N4O3S/c1-24-14-9-16-15(25-12-26-16)8-13(14)19-23(6-7-27-19)18-10-17(20-11-21-18)22-4-2-3-5-22/h8-11,19H,2-7,12H2,1H3. The van der Waals surface area contributed by atoms with E-state index in [1.54, 1.807) is 13.4 Å². The van der Waals surface area contributed by atoms with Gasteiger partial charge in [-0.05, 0) is 18.9 Å². The van der Waals surface area contributed by atoms with E-state index in [9.17, 15) is 0 Å². The van der Waals surface area contributed by atoms with Crippen LogP contribution in [0.15, 0.2) is 24.5 Å². The Morgan fingerprint density at radius 3 is 2.63 bits per heavy atom. The lowest BCUT2D eigenvalue weighted by molar-refractivity contribution is 0.174. The second-order valence-corrected chi connectivity index (χ2v) is 7.98. The predicted octanol–water partition coefficient (Wildman–Crippen LogP) is 3.07. The molecule has 1 aromatic heterocycles. The maximum absolute atomic E-state index is 5.66. The minimum atomic E-state index is 0.121. The molecule has 3 aliphatic heterocycles. The fraction of sp³-hybridized carbons (Fsp3) is 0.474. The van der Waals surface area contributed by atoms with Gasteiger partial charge in [-0.25, -0.2) is 9.97 Å². The van der Waals surface area contributed by atoms with Gasteiger partial charge in [0.2, 0.25) is 6.79 Å². The van der Waals surface area contributed by atoms with Gasteiger partial charge in [0, 0.05) is 43.1 Å². The zero-order chi connectivity index (χ0) is 18.2. The zero-order valence-electron chi connectivity index (χ0n) is 15.3. The van der Waals surface area contributed by atoms with Gasteiger partial charge in [0.05, 0.1) is 7.11 Å². The average Bonchev–Trinajstić information content (AvgIpc) is 3.48. The molecule has 1 aromatic carbocycles. The second-order valence-electron chi connectivity index (χ2n) is 6.79. The summed E-state index contributed by atoms with van der Waals surface area (Å²) in [5.41, 5.74) is 1.09. The zero-order valence-corrected chi connectivity index (χ0v) is 16.1. The van der Waals surface area contributed by atoms with E-state index in [4.69, 9.17) is 14.2 Å². The van der Waals surface area contributed by atoms with Crippen LogP contribution < -0.4 is 24.0 Å². The Morgan fingerprint density at radius 2 is 1.81 bits per heavy atom. The Morgan fingerprint density at radius 1 is 1.04 bits per heavy atom. The highest BCUT2D eigenvalue weighted by Crippen LogP contribution is 2.48. The van der Waals surface area contributed by atoms with Crippen molar-refractivity contribution in [3.05, 3.63) is 30.1 Å². The molecule has 5 rings (SSSR count). The molecule has 27 heavy (non-hydrogen) atoms. The average molecular weight is 386 g/mol. The minimum Gasteiger partial charge on any atom is -0.496 e. The number of rotatable bonds is 4. The van der Waals surface area contributed by atoms with Gasteiger partial charge < -0.3 is 24.0 Å². The van der Waals surface area contributed by atoms with Crippen LogP contribution in [0.4, 0.5) is 11.6 Å². The highest BCUT2D eigenvalue weighted by molar-refractivity contribution is 7.99. The first-order valence-corrected chi connectivity index (χ1v) is 10.3. The van der Waals surface area contributed by atoms with Gasteiger partial charge in [0.25, 0.3) is 0 Å². The molecule has 1 atom stereocenters. The molecule has 142 valence electrons. The van der Waals surface area contributed by atoms with Crippen LogP contribution in [0, 0.1) is 0 Å². The lowest BCUT2D eigenvalue weighted by atomic mass is 10.1. The Bertz CT molecular complexity index is 844. The van der Waals surface area contributed by atoms with E-state index in [0.29, 0.717) is 0 Å². The first-order valence-electron chi connectivity index (χ1n) is 9.26. The fourth-order valence-electron chi connectivity index (χ4n) is 3.88. The van der Waals surface area contributed by atoms with E-state index in [1.165, 1.54) is 12.8 Å². The topological polar surface area (TPSA) is 60.0 Å². The minimum absolute atomic E-state index is 0.121. The van der Waals surface area contributed by atoms with Gasteiger partial charge in [0.1, 0.15) is 29.1 Å². The number of benzene rings is 1. The highest BCUT2D eigenvalue weighted by atomic mass is 32.2. The number of anilines is 2. The molecule has 0 radical (unpaired) electrons. The Kier molecular flexibility index (Phi) is 4.35. The van der Waals surface area contributed by atoms with Gasteiger partial charge >= 0.3 is 0 Å². The van der Waals surface area contributed by atoms with E-state index in [0.717, 1.165) is 59.8 Å². The number of fused-ring (bicyclic) bond motifs is 1. The van der Waals surface area contributed by atoms with Crippen molar-refractivity contribution in [2.45, 2.75) is 18.2 Å². The molecular weight excluding hydrogens is 364 g/mol. The summed E-state index contributed by atoms with van der Waals surface area (Å²) in [5.74, 6) is 5.35. The van der Waals surface area contributed by atoms with Gasteiger partial charge in [-0.15, -0.1) is 11.8 Å². The number of thioether (sulfide) groups is 1. The maximum Gasteiger partial charge on any atom is 0.231 e. The number of methoxy groups -OCH3 is 1. The molecule has 0 spiro atoms. The maximum atomic E-state index is 5.66. The summed E-state index contributed by atoms with van der Waals surface area (Å²) in [7, 11) is 1.70. The molecule has 7 nitrogen and oxygen atoms in total. The first kappa shape index (κ1) is 16.8. The van der Waals surface area contributed by atoms with Gasteiger partial charge in [-0.2, -0.15) is 0 Å². The molecule has 2 aromatic rings. The van der Waals surface area contributed by atoms with Crippen LogP contribution in [0.5, 0.6) is 17.2 Å². The van der Waals surface area contributed by atoms with Crippen molar-refractivity contribution < 1.29 is 14.2 Å². The van der Waals surface area contributed by atoms with Crippen molar-refractivity contribution in [3.8, 4) is 17.2 Å². The predicted molar refractivity (Wildman–Crippen MR) is 105 cm³/mol. The molecule has 2 saturated heterocycles. The third-order valence-electron chi connectivity index (χ3n) is 5.24. The summed E-state index contributed by atoms with van der Waals surface area (Å²) >= 11 is 1.89. The SMILES string of the molecule is COc1cc2c(cc1C1SCCN1c1cc(N3CCCC3)ncn1)OCO2. The summed E-state index contributed by atoms with van der Waals surface area (Å²) < 4.78 is 16.7. The van der Waals surface area contributed by atoms with Crippen LogP contribution in [0.25, 0.3) is 0 Å². The molecule has 3 aliphatic rings. The molecule has 0 N–H and O–H groups in total. The molecule has 4 heterocycles. The third-order valence-corrected chi connectivity index (χ3v) is 6.49. The van der Waals surface area contributed by atoms with Crippen molar-refractivity contribution in [1.82, 2.24) is 9.97 Å². The Labute approximate surface area is 162 Å². The van der Waals surface area contributed by atoms with Crippen LogP contribution >= 0.6 is 11.8 Å². The molecule has 8 heteroatoms. The molecule has 0 saturated carbocycles. The summed E-state index contributed by atoms with van der Waals surface area (Å²) in [5, 5.41) is 0.121. The Hall–Kier alpha value is -2.35. The van der Waals surface area contributed by atoms with E-state index in [1.807, 2.05) is 23.9 Å². The van der Waals surface area contributed by atoms with E-state index in [-0.39, 0.29) is 12.2 Å². The Balaban J connectivity index is 1.48. The van der Waals surface area contributed by atoms with Crippen LogP contribution in [-0.2, 0) is 0 Å². The highest BCUT2D eigenvalue weighted by Gasteiger charge is 2.32. The van der Waals surface area contributed by atoms with E-state index >= 15 is 0 Å². The lowest BCUT2D eigenvalue weighted by Crippen LogP contribution is -2.25. The lowest BCUT2D eigenvalue weighted by Gasteiger charge is -2.27. The van der Waals surface area contributed by atoms with Crippen molar-refractivity contribution in [2.24, 2.45) is 0 Å². The summed E-state index contributed by atoms with van der Waals surface area (Å²) in [4.78, 5) is 13.7. The summed E-state index contributed by atoms with van der Waals surface area (Å²) in [6, 6.07) is 6.08. The van der Waals surface area contributed by atoms with Gasteiger partial charge in [0.15, 0.2) is 11.5 Å². The van der Waals surface area contributed by atoms with E-state index in [2.05, 4.69) is 25.8 Å². The van der Waals surface area contributed by atoms with E-state index < -0.39 is 0 Å². The number of hydrogen-bond acceptors (Lipinski definition) is 8. The summed E-state index contributed by atoms with van der Waals surface area (Å²) in [6.45, 7) is 3.34. The van der Waals surface area contributed by atoms with Crippen LogP contribution in [0.3, 0.4) is 0 Å². The first-order chi connectivity index (χ1) is 13.3. The molecule has 2 fully saturated rings. The largest absolute Gasteiger partial charge is 0.496 e. The fourth-order valence-corrected chi connectivity index (χ4v) is 5.17. The van der Waals surface area contributed by atoms with Crippen LogP contribution in [0.2, 0.25) is 0 Å². The normalized spacial score (nSPS) is 21.1. The van der Waals surface area contributed by atoms with Crippen LogP contribution in [0.1, 0.15) is 23.8 Å². The smallest absolute Gasteiger partial charge is 0.231 e. The molecule has 1 unspecified atom stereocenters. The van der Waals surface area contributed by atoms with Crippen molar-refractivity contribution in [1.29, 1.82) is 0 Å². The van der Waals surface area contributed by atoms with Crippen molar-refractivity contribution >= 4 is 23.4 Å². The van der Waals surface area contributed by atoms with Crippen molar-refractivity contribution in [3.63, 3.8) is 0 Å². The number of nitrogens with zero attached hydrogens (tertiary/aromatic N) is 4.